The molecule has 1 aromatic rings. The third-order valence-corrected chi connectivity index (χ3v) is 2.63. The minimum absolute atomic E-state index is 0.155. The van der Waals surface area contributed by atoms with Crippen LogP contribution < -0.4 is 15.2 Å². The Morgan fingerprint density at radius 3 is 2.12 bits per heavy atom. The lowest BCUT2D eigenvalue weighted by Gasteiger charge is -2.19. The lowest BCUT2D eigenvalue weighted by atomic mass is 9.98. The molecule has 1 aromatic carbocycles. The zero-order valence-electron chi connectivity index (χ0n) is 11.0. The van der Waals surface area contributed by atoms with Gasteiger partial charge in [-0.15, -0.1) is 6.58 Å². The Morgan fingerprint density at radius 2 is 1.76 bits per heavy atom. The Hall–Kier alpha value is -1.48. The van der Waals surface area contributed by atoms with Gasteiger partial charge in [-0.3, -0.25) is 0 Å². The molecule has 0 heterocycles. The van der Waals surface area contributed by atoms with Crippen molar-refractivity contribution in [3.63, 3.8) is 0 Å². The number of hydrogen-bond acceptors (Lipinski definition) is 3. The molecule has 3 heteroatoms. The van der Waals surface area contributed by atoms with Gasteiger partial charge in [0, 0.05) is 6.04 Å². The Labute approximate surface area is 103 Å². The van der Waals surface area contributed by atoms with Gasteiger partial charge in [-0.1, -0.05) is 5.57 Å². The van der Waals surface area contributed by atoms with Gasteiger partial charge in [-0.2, -0.15) is 0 Å². The molecule has 0 radical (unpaired) electrons. The van der Waals surface area contributed by atoms with E-state index >= 15 is 0 Å². The molecule has 1 atom stereocenters. The fourth-order valence-electron chi connectivity index (χ4n) is 1.91. The van der Waals surface area contributed by atoms with E-state index in [-0.39, 0.29) is 6.04 Å². The van der Waals surface area contributed by atoms with E-state index in [0.717, 1.165) is 34.6 Å². The van der Waals surface area contributed by atoms with E-state index in [0.29, 0.717) is 0 Å². The standard InChI is InChI=1S/C14H21NO2/c1-9(2)6-11(15)14-12(16-4)7-10(3)8-13(14)17-5/h7-8,11H,1,6,15H2,2-5H3/t11-/m1/s1. The van der Waals surface area contributed by atoms with E-state index < -0.39 is 0 Å². The molecular weight excluding hydrogens is 214 g/mol. The zero-order valence-corrected chi connectivity index (χ0v) is 11.0. The molecule has 2 N–H and O–H groups in total. The molecule has 1 rings (SSSR count). The Morgan fingerprint density at radius 1 is 1.29 bits per heavy atom. The highest BCUT2D eigenvalue weighted by atomic mass is 16.5. The molecule has 94 valence electrons. The van der Waals surface area contributed by atoms with E-state index in [2.05, 4.69) is 6.58 Å². The molecule has 3 nitrogen and oxygen atoms in total. The van der Waals surface area contributed by atoms with Gasteiger partial charge in [0.05, 0.1) is 19.8 Å². The number of ether oxygens (including phenoxy) is 2. The van der Waals surface area contributed by atoms with Crippen molar-refractivity contribution in [1.82, 2.24) is 0 Å². The summed E-state index contributed by atoms with van der Waals surface area (Å²) in [6.45, 7) is 7.85. The summed E-state index contributed by atoms with van der Waals surface area (Å²) >= 11 is 0. The van der Waals surface area contributed by atoms with E-state index in [4.69, 9.17) is 15.2 Å². The monoisotopic (exact) mass is 235 g/mol. The van der Waals surface area contributed by atoms with Crippen molar-refractivity contribution in [1.29, 1.82) is 0 Å². The molecule has 0 fully saturated rings. The first kappa shape index (κ1) is 13.6. The average molecular weight is 235 g/mol. The summed E-state index contributed by atoms with van der Waals surface area (Å²) in [5.74, 6) is 1.55. The van der Waals surface area contributed by atoms with Crippen LogP contribution in [-0.4, -0.2) is 14.2 Å². The van der Waals surface area contributed by atoms with Crippen LogP contribution in [0.1, 0.15) is 30.5 Å². The second-order valence-electron chi connectivity index (χ2n) is 4.35. The summed E-state index contributed by atoms with van der Waals surface area (Å²) in [5.41, 5.74) is 9.22. The third kappa shape index (κ3) is 3.24. The molecular formula is C14H21NO2. The van der Waals surface area contributed by atoms with Crippen molar-refractivity contribution >= 4 is 0 Å². The van der Waals surface area contributed by atoms with Gasteiger partial charge in [0.25, 0.3) is 0 Å². The highest BCUT2D eigenvalue weighted by Crippen LogP contribution is 2.36. The van der Waals surface area contributed by atoms with E-state index in [1.54, 1.807) is 14.2 Å². The van der Waals surface area contributed by atoms with Crippen LogP contribution in [0, 0.1) is 6.92 Å². The van der Waals surface area contributed by atoms with Crippen LogP contribution in [0.3, 0.4) is 0 Å². The second-order valence-corrected chi connectivity index (χ2v) is 4.35. The first-order valence-electron chi connectivity index (χ1n) is 5.62. The fraction of sp³-hybridized carbons (Fsp3) is 0.429. The molecule has 0 aliphatic rings. The molecule has 0 aliphatic heterocycles. The first-order valence-corrected chi connectivity index (χ1v) is 5.62. The number of aryl methyl sites for hydroxylation is 1. The van der Waals surface area contributed by atoms with Gasteiger partial charge < -0.3 is 15.2 Å². The van der Waals surface area contributed by atoms with Crippen LogP contribution >= 0.6 is 0 Å². The maximum atomic E-state index is 6.18. The minimum atomic E-state index is -0.155. The predicted molar refractivity (Wildman–Crippen MR) is 70.6 cm³/mol. The highest BCUT2D eigenvalue weighted by Gasteiger charge is 2.18. The second kappa shape index (κ2) is 5.73. The van der Waals surface area contributed by atoms with Crippen molar-refractivity contribution in [2.75, 3.05) is 14.2 Å². The summed E-state index contributed by atoms with van der Waals surface area (Å²) in [6, 6.07) is 3.78. The number of hydrogen-bond donors (Lipinski definition) is 1. The lowest BCUT2D eigenvalue weighted by Crippen LogP contribution is -2.13. The van der Waals surface area contributed by atoms with Crippen molar-refractivity contribution < 1.29 is 9.47 Å². The van der Waals surface area contributed by atoms with Crippen molar-refractivity contribution in [2.24, 2.45) is 5.73 Å². The molecule has 0 aliphatic carbocycles. The van der Waals surface area contributed by atoms with Gasteiger partial charge in [0.2, 0.25) is 0 Å². The van der Waals surface area contributed by atoms with E-state index in [9.17, 15) is 0 Å². The zero-order chi connectivity index (χ0) is 13.0. The maximum absolute atomic E-state index is 6.18. The number of rotatable bonds is 5. The minimum Gasteiger partial charge on any atom is -0.496 e. The Kier molecular flexibility index (Phi) is 4.58. The molecule has 0 saturated heterocycles. The molecule has 0 aromatic heterocycles. The molecule has 0 spiro atoms. The first-order chi connectivity index (χ1) is 7.99. The predicted octanol–water partition coefficient (Wildman–Crippen LogP) is 2.98. The van der Waals surface area contributed by atoms with Crippen LogP contribution in [-0.2, 0) is 0 Å². The summed E-state index contributed by atoms with van der Waals surface area (Å²) in [4.78, 5) is 0. The summed E-state index contributed by atoms with van der Waals surface area (Å²) in [7, 11) is 3.29. The fourth-order valence-corrected chi connectivity index (χ4v) is 1.91. The van der Waals surface area contributed by atoms with E-state index in [1.807, 2.05) is 26.0 Å². The topological polar surface area (TPSA) is 44.5 Å². The van der Waals surface area contributed by atoms with Crippen LogP contribution in [0.2, 0.25) is 0 Å². The Bertz CT molecular complexity index is 388. The third-order valence-electron chi connectivity index (χ3n) is 2.63. The molecule has 0 unspecified atom stereocenters. The van der Waals surface area contributed by atoms with Crippen LogP contribution in [0.4, 0.5) is 0 Å². The SMILES string of the molecule is C=C(C)C[C@@H](N)c1c(OC)cc(C)cc1OC. The van der Waals surface area contributed by atoms with Crippen molar-refractivity contribution in [2.45, 2.75) is 26.3 Å². The van der Waals surface area contributed by atoms with Crippen LogP contribution in [0.5, 0.6) is 11.5 Å². The molecule has 0 bridgehead atoms. The maximum Gasteiger partial charge on any atom is 0.127 e. The number of methoxy groups -OCH3 is 2. The van der Waals surface area contributed by atoms with Crippen LogP contribution in [0.25, 0.3) is 0 Å². The van der Waals surface area contributed by atoms with Gasteiger partial charge in [-0.25, -0.2) is 0 Å². The normalized spacial score (nSPS) is 12.1. The van der Waals surface area contributed by atoms with Gasteiger partial charge in [0.15, 0.2) is 0 Å². The van der Waals surface area contributed by atoms with Crippen molar-refractivity contribution in [3.8, 4) is 11.5 Å². The number of nitrogens with two attached hydrogens (primary N) is 1. The van der Waals surface area contributed by atoms with E-state index in [1.165, 1.54) is 0 Å². The van der Waals surface area contributed by atoms with Gasteiger partial charge in [-0.05, 0) is 38.0 Å². The molecule has 0 saturated carbocycles. The molecule has 0 amide bonds. The summed E-state index contributed by atoms with van der Waals surface area (Å²) in [5, 5.41) is 0. The quantitative estimate of drug-likeness (QED) is 0.798. The largest absolute Gasteiger partial charge is 0.496 e. The number of benzene rings is 1. The molecule has 17 heavy (non-hydrogen) atoms. The van der Waals surface area contributed by atoms with Crippen molar-refractivity contribution in [3.05, 3.63) is 35.4 Å². The van der Waals surface area contributed by atoms with Crippen LogP contribution in [0.15, 0.2) is 24.3 Å². The highest BCUT2D eigenvalue weighted by molar-refractivity contribution is 5.49. The van der Waals surface area contributed by atoms with Gasteiger partial charge >= 0.3 is 0 Å². The summed E-state index contributed by atoms with van der Waals surface area (Å²) < 4.78 is 10.8. The smallest absolute Gasteiger partial charge is 0.127 e. The summed E-state index contributed by atoms with van der Waals surface area (Å²) in [6.07, 6.45) is 0.718. The van der Waals surface area contributed by atoms with Gasteiger partial charge in [0.1, 0.15) is 11.5 Å². The average Bonchev–Trinajstić information content (AvgIpc) is 2.26. The Balaban J connectivity index is 3.23. The lowest BCUT2D eigenvalue weighted by molar-refractivity contribution is 0.378.